The van der Waals surface area contributed by atoms with Crippen molar-refractivity contribution in [1.82, 2.24) is 5.32 Å². The van der Waals surface area contributed by atoms with E-state index in [2.05, 4.69) is 10.6 Å². The summed E-state index contributed by atoms with van der Waals surface area (Å²) in [6.07, 6.45) is 1.15. The number of carbonyl (C=O) groups is 2. The molecule has 1 rings (SSSR count). The van der Waals surface area contributed by atoms with Crippen LogP contribution in [0.1, 0.15) is 19.8 Å². The molecule has 0 aliphatic heterocycles. The van der Waals surface area contributed by atoms with Crippen molar-refractivity contribution < 1.29 is 24.2 Å². The molecule has 0 saturated heterocycles. The Balaban J connectivity index is 0.00000529. The standard InChI is InChI=1S/C15H21ClN2O5.ClH/c1-4-5-10(15(20)21)17-8-14(19)18-11-7-12(22-2)9(16)6-13(11)23-3;/h6-7,10,17H,4-5,8H2,1-3H3,(H,18,19)(H,20,21);1H. The third kappa shape index (κ3) is 6.43. The topological polar surface area (TPSA) is 96.9 Å². The van der Waals surface area contributed by atoms with Crippen LogP contribution < -0.4 is 20.1 Å². The van der Waals surface area contributed by atoms with Gasteiger partial charge in [-0.15, -0.1) is 12.4 Å². The maximum absolute atomic E-state index is 12.0. The Morgan fingerprint density at radius 3 is 2.38 bits per heavy atom. The summed E-state index contributed by atoms with van der Waals surface area (Å²) in [5.74, 6) is -0.599. The molecule has 0 aromatic heterocycles. The van der Waals surface area contributed by atoms with Crippen molar-refractivity contribution in [2.75, 3.05) is 26.1 Å². The first kappa shape index (κ1) is 22.3. The number of carboxylic acids is 1. The van der Waals surface area contributed by atoms with Gasteiger partial charge in [-0.2, -0.15) is 0 Å². The molecule has 9 heteroatoms. The zero-order valence-corrected chi connectivity index (χ0v) is 15.3. The van der Waals surface area contributed by atoms with Gasteiger partial charge in [0.25, 0.3) is 0 Å². The summed E-state index contributed by atoms with van der Waals surface area (Å²) in [5, 5.41) is 14.7. The number of rotatable bonds is 9. The molecule has 0 bridgehead atoms. The molecule has 3 N–H and O–H groups in total. The van der Waals surface area contributed by atoms with E-state index in [0.29, 0.717) is 35.1 Å². The second kappa shape index (κ2) is 11.0. The van der Waals surface area contributed by atoms with Gasteiger partial charge in [-0.3, -0.25) is 14.9 Å². The van der Waals surface area contributed by atoms with Crippen LogP contribution in [0, 0.1) is 0 Å². The summed E-state index contributed by atoms with van der Waals surface area (Å²) >= 11 is 5.99. The molecule has 1 amide bonds. The van der Waals surface area contributed by atoms with Crippen LogP contribution in [0.25, 0.3) is 0 Å². The molecular formula is C15H22Cl2N2O5. The van der Waals surface area contributed by atoms with E-state index in [1.54, 1.807) is 6.07 Å². The van der Waals surface area contributed by atoms with E-state index in [-0.39, 0.29) is 19.0 Å². The predicted octanol–water partition coefficient (Wildman–Crippen LogP) is 2.56. The van der Waals surface area contributed by atoms with Gasteiger partial charge in [0.1, 0.15) is 17.5 Å². The SMILES string of the molecule is CCCC(NCC(=O)Nc1cc(OC)c(Cl)cc1OC)C(=O)O.Cl. The Morgan fingerprint density at radius 2 is 1.88 bits per heavy atom. The van der Waals surface area contributed by atoms with Gasteiger partial charge in [0.05, 0.1) is 31.5 Å². The van der Waals surface area contributed by atoms with Gasteiger partial charge in [0.2, 0.25) is 5.91 Å². The fraction of sp³-hybridized carbons (Fsp3) is 0.467. The van der Waals surface area contributed by atoms with E-state index in [4.69, 9.17) is 26.2 Å². The molecule has 24 heavy (non-hydrogen) atoms. The molecule has 0 heterocycles. The second-order valence-corrected chi connectivity index (χ2v) is 5.20. The van der Waals surface area contributed by atoms with Crippen LogP contribution in [0.2, 0.25) is 5.02 Å². The number of hydrogen-bond donors (Lipinski definition) is 3. The van der Waals surface area contributed by atoms with Gasteiger partial charge in [-0.25, -0.2) is 0 Å². The number of benzene rings is 1. The number of ether oxygens (including phenoxy) is 2. The lowest BCUT2D eigenvalue weighted by Crippen LogP contribution is -2.41. The number of nitrogens with one attached hydrogen (secondary N) is 2. The van der Waals surface area contributed by atoms with Crippen molar-refractivity contribution in [3.8, 4) is 11.5 Å². The molecule has 0 saturated carbocycles. The van der Waals surface area contributed by atoms with Crippen LogP contribution in [0.4, 0.5) is 5.69 Å². The number of anilines is 1. The van der Waals surface area contributed by atoms with Crippen molar-refractivity contribution in [2.24, 2.45) is 0 Å². The Morgan fingerprint density at radius 1 is 1.25 bits per heavy atom. The van der Waals surface area contributed by atoms with Gasteiger partial charge in [0.15, 0.2) is 0 Å². The van der Waals surface area contributed by atoms with E-state index < -0.39 is 17.9 Å². The Hall–Kier alpha value is -1.70. The first-order chi connectivity index (χ1) is 10.9. The average Bonchev–Trinajstić information content (AvgIpc) is 2.52. The highest BCUT2D eigenvalue weighted by molar-refractivity contribution is 6.32. The maximum atomic E-state index is 12.0. The van der Waals surface area contributed by atoms with Crippen LogP contribution in [-0.4, -0.2) is 43.8 Å². The summed E-state index contributed by atoms with van der Waals surface area (Å²) in [4.78, 5) is 23.0. The highest BCUT2D eigenvalue weighted by atomic mass is 35.5. The van der Waals surface area contributed by atoms with Gasteiger partial charge < -0.3 is 19.9 Å². The summed E-state index contributed by atoms with van der Waals surface area (Å²) in [7, 11) is 2.91. The first-order valence-electron chi connectivity index (χ1n) is 7.10. The molecule has 1 aromatic rings. The lowest BCUT2D eigenvalue weighted by atomic mass is 10.1. The Kier molecular flexibility index (Phi) is 10.2. The fourth-order valence-electron chi connectivity index (χ4n) is 1.97. The average molecular weight is 381 g/mol. The van der Waals surface area contributed by atoms with E-state index in [0.717, 1.165) is 0 Å². The highest BCUT2D eigenvalue weighted by Gasteiger charge is 2.18. The lowest BCUT2D eigenvalue weighted by molar-refractivity contribution is -0.139. The molecular weight excluding hydrogens is 359 g/mol. The number of amides is 1. The van der Waals surface area contributed by atoms with Crippen molar-refractivity contribution >= 4 is 41.6 Å². The van der Waals surface area contributed by atoms with Crippen LogP contribution in [0.5, 0.6) is 11.5 Å². The zero-order chi connectivity index (χ0) is 17.4. The van der Waals surface area contributed by atoms with E-state index in [1.807, 2.05) is 6.92 Å². The molecule has 1 aromatic carbocycles. The van der Waals surface area contributed by atoms with Gasteiger partial charge in [-0.05, 0) is 6.42 Å². The lowest BCUT2D eigenvalue weighted by Gasteiger charge is -2.15. The van der Waals surface area contributed by atoms with Crippen LogP contribution in [0.3, 0.4) is 0 Å². The van der Waals surface area contributed by atoms with Crippen molar-refractivity contribution in [3.05, 3.63) is 17.2 Å². The molecule has 0 aliphatic carbocycles. The summed E-state index contributed by atoms with van der Waals surface area (Å²) in [5.41, 5.74) is 0.392. The quantitative estimate of drug-likeness (QED) is 0.608. The minimum absolute atomic E-state index is 0. The summed E-state index contributed by atoms with van der Waals surface area (Å²) in [6, 6.07) is 2.31. The Labute approximate surface area is 152 Å². The zero-order valence-electron chi connectivity index (χ0n) is 13.7. The number of hydrogen-bond acceptors (Lipinski definition) is 5. The van der Waals surface area contributed by atoms with E-state index >= 15 is 0 Å². The van der Waals surface area contributed by atoms with Gasteiger partial charge in [0, 0.05) is 12.1 Å². The molecule has 1 atom stereocenters. The normalized spacial score (nSPS) is 11.2. The monoisotopic (exact) mass is 380 g/mol. The number of methoxy groups -OCH3 is 2. The predicted molar refractivity (Wildman–Crippen MR) is 94.8 cm³/mol. The minimum Gasteiger partial charge on any atom is -0.495 e. The number of carboxylic acid groups (broad SMARTS) is 1. The first-order valence-corrected chi connectivity index (χ1v) is 7.48. The van der Waals surface area contributed by atoms with Crippen molar-refractivity contribution in [2.45, 2.75) is 25.8 Å². The molecule has 0 radical (unpaired) electrons. The second-order valence-electron chi connectivity index (χ2n) is 4.80. The fourth-order valence-corrected chi connectivity index (χ4v) is 2.20. The molecule has 0 spiro atoms. The molecule has 0 aliphatic rings. The van der Waals surface area contributed by atoms with Gasteiger partial charge >= 0.3 is 5.97 Å². The van der Waals surface area contributed by atoms with Crippen LogP contribution >= 0.6 is 24.0 Å². The van der Waals surface area contributed by atoms with Crippen LogP contribution in [-0.2, 0) is 9.59 Å². The molecule has 7 nitrogen and oxygen atoms in total. The smallest absolute Gasteiger partial charge is 0.320 e. The highest BCUT2D eigenvalue weighted by Crippen LogP contribution is 2.35. The third-order valence-corrected chi connectivity index (χ3v) is 3.43. The maximum Gasteiger partial charge on any atom is 0.320 e. The van der Waals surface area contributed by atoms with E-state index in [1.165, 1.54) is 20.3 Å². The third-order valence-electron chi connectivity index (χ3n) is 3.13. The minimum atomic E-state index is -0.981. The number of carbonyl (C=O) groups excluding carboxylic acids is 1. The molecule has 1 unspecified atom stereocenters. The summed E-state index contributed by atoms with van der Waals surface area (Å²) in [6.45, 7) is 1.74. The largest absolute Gasteiger partial charge is 0.495 e. The van der Waals surface area contributed by atoms with Crippen molar-refractivity contribution in [3.63, 3.8) is 0 Å². The Bertz CT molecular complexity index is 569. The molecule has 0 fully saturated rings. The van der Waals surface area contributed by atoms with Crippen molar-refractivity contribution in [1.29, 1.82) is 0 Å². The van der Waals surface area contributed by atoms with Crippen LogP contribution in [0.15, 0.2) is 12.1 Å². The van der Waals surface area contributed by atoms with Gasteiger partial charge in [-0.1, -0.05) is 24.9 Å². The number of aliphatic carboxylic acids is 1. The number of halogens is 2. The molecule has 136 valence electrons. The summed E-state index contributed by atoms with van der Waals surface area (Å²) < 4.78 is 10.3. The van der Waals surface area contributed by atoms with E-state index in [9.17, 15) is 9.59 Å².